The number of rotatable bonds is 4. The largest absolute Gasteiger partial charge is 0.465 e. The predicted molar refractivity (Wildman–Crippen MR) is 71.7 cm³/mol. The Hall–Kier alpha value is -2.38. The van der Waals surface area contributed by atoms with Gasteiger partial charge in [-0.1, -0.05) is 0 Å². The maximum atomic E-state index is 10.9. The summed E-state index contributed by atoms with van der Waals surface area (Å²) in [5.74, 6) is 0. The van der Waals surface area contributed by atoms with Crippen LogP contribution in [0.1, 0.15) is 25.7 Å². The number of nitrogens with zero attached hydrogens (tertiary/aromatic N) is 2. The van der Waals surface area contributed by atoms with Crippen molar-refractivity contribution in [2.75, 3.05) is 5.32 Å². The Morgan fingerprint density at radius 1 is 1.35 bits per heavy atom. The number of aromatic nitrogens is 1. The fourth-order valence-corrected chi connectivity index (χ4v) is 2.43. The van der Waals surface area contributed by atoms with E-state index in [1.807, 2.05) is 0 Å². The van der Waals surface area contributed by atoms with Crippen molar-refractivity contribution in [3.63, 3.8) is 0 Å². The van der Waals surface area contributed by atoms with E-state index in [4.69, 9.17) is 5.11 Å². The van der Waals surface area contributed by atoms with Crippen molar-refractivity contribution in [3.8, 4) is 0 Å². The van der Waals surface area contributed by atoms with E-state index < -0.39 is 11.0 Å². The van der Waals surface area contributed by atoms with Crippen molar-refractivity contribution >= 4 is 17.5 Å². The molecule has 108 valence electrons. The molecule has 20 heavy (non-hydrogen) atoms. The molecule has 0 unspecified atom stereocenters. The van der Waals surface area contributed by atoms with E-state index in [0.29, 0.717) is 5.69 Å². The fourth-order valence-electron chi connectivity index (χ4n) is 2.43. The molecule has 0 radical (unpaired) electrons. The molecule has 8 nitrogen and oxygen atoms in total. The van der Waals surface area contributed by atoms with E-state index >= 15 is 0 Å². The van der Waals surface area contributed by atoms with Crippen LogP contribution < -0.4 is 10.6 Å². The molecule has 0 atom stereocenters. The molecule has 0 bridgehead atoms. The number of carboxylic acid groups (broad SMARTS) is 1. The SMILES string of the molecule is O=C(O)N[C@H]1CC[C@H](Nc2ccncc2[N+](=O)[O-])CC1. The summed E-state index contributed by atoms with van der Waals surface area (Å²) in [6.45, 7) is 0. The lowest BCUT2D eigenvalue weighted by Gasteiger charge is -2.29. The number of pyridine rings is 1. The molecule has 2 rings (SSSR count). The number of hydrogen-bond donors (Lipinski definition) is 3. The summed E-state index contributed by atoms with van der Waals surface area (Å²) >= 11 is 0. The third kappa shape index (κ3) is 3.56. The summed E-state index contributed by atoms with van der Waals surface area (Å²) in [7, 11) is 0. The highest BCUT2D eigenvalue weighted by Crippen LogP contribution is 2.27. The maximum absolute atomic E-state index is 10.9. The Morgan fingerprint density at radius 2 is 2.00 bits per heavy atom. The Kier molecular flexibility index (Phi) is 4.34. The molecule has 1 heterocycles. The molecule has 0 spiro atoms. The van der Waals surface area contributed by atoms with Crippen molar-refractivity contribution in [3.05, 3.63) is 28.6 Å². The molecular formula is C12H16N4O4. The van der Waals surface area contributed by atoms with Crippen LogP contribution in [0.2, 0.25) is 0 Å². The first-order valence-electron chi connectivity index (χ1n) is 6.40. The maximum Gasteiger partial charge on any atom is 0.404 e. The Labute approximate surface area is 115 Å². The molecule has 8 heteroatoms. The van der Waals surface area contributed by atoms with Crippen molar-refractivity contribution in [2.45, 2.75) is 37.8 Å². The van der Waals surface area contributed by atoms with Gasteiger partial charge in [-0.15, -0.1) is 0 Å². The van der Waals surface area contributed by atoms with Gasteiger partial charge in [-0.3, -0.25) is 15.1 Å². The molecule has 1 aliphatic carbocycles. The third-order valence-electron chi connectivity index (χ3n) is 3.41. The number of nitro groups is 1. The zero-order valence-corrected chi connectivity index (χ0v) is 10.8. The number of carbonyl (C=O) groups is 1. The van der Waals surface area contributed by atoms with Gasteiger partial charge in [0.05, 0.1) is 4.92 Å². The first kappa shape index (κ1) is 14.0. The minimum atomic E-state index is -1.01. The van der Waals surface area contributed by atoms with Crippen molar-refractivity contribution in [2.24, 2.45) is 0 Å². The molecule has 1 aliphatic rings. The van der Waals surface area contributed by atoms with Gasteiger partial charge in [-0.05, 0) is 31.7 Å². The quantitative estimate of drug-likeness (QED) is 0.573. The third-order valence-corrected chi connectivity index (χ3v) is 3.41. The Balaban J connectivity index is 1.93. The van der Waals surface area contributed by atoms with E-state index in [2.05, 4.69) is 15.6 Å². The molecule has 0 aliphatic heterocycles. The highest BCUT2D eigenvalue weighted by molar-refractivity contribution is 5.64. The van der Waals surface area contributed by atoms with E-state index in [1.54, 1.807) is 6.07 Å². The van der Waals surface area contributed by atoms with Crippen LogP contribution in [0, 0.1) is 10.1 Å². The summed E-state index contributed by atoms with van der Waals surface area (Å²) in [5, 5.41) is 25.2. The molecule has 1 fully saturated rings. The van der Waals surface area contributed by atoms with E-state index in [1.165, 1.54) is 12.4 Å². The monoisotopic (exact) mass is 280 g/mol. The van der Waals surface area contributed by atoms with Gasteiger partial charge in [0.15, 0.2) is 0 Å². The van der Waals surface area contributed by atoms with Crippen LogP contribution in [-0.4, -0.2) is 33.2 Å². The van der Waals surface area contributed by atoms with Crippen LogP contribution in [0.15, 0.2) is 18.5 Å². The predicted octanol–water partition coefficient (Wildman–Crippen LogP) is 1.98. The zero-order valence-electron chi connectivity index (χ0n) is 10.8. The zero-order chi connectivity index (χ0) is 14.5. The van der Waals surface area contributed by atoms with Crippen LogP contribution in [0.4, 0.5) is 16.2 Å². The van der Waals surface area contributed by atoms with Crippen molar-refractivity contribution < 1.29 is 14.8 Å². The van der Waals surface area contributed by atoms with Crippen LogP contribution in [0.5, 0.6) is 0 Å². The summed E-state index contributed by atoms with van der Waals surface area (Å²) < 4.78 is 0. The minimum Gasteiger partial charge on any atom is -0.465 e. The summed E-state index contributed by atoms with van der Waals surface area (Å²) in [5.41, 5.74) is 0.415. The first-order chi connectivity index (χ1) is 9.56. The summed E-state index contributed by atoms with van der Waals surface area (Å²) in [6.07, 6.45) is 4.71. The molecule has 0 aromatic carbocycles. The second-order valence-electron chi connectivity index (χ2n) is 4.79. The second-order valence-corrected chi connectivity index (χ2v) is 4.79. The lowest BCUT2D eigenvalue weighted by molar-refractivity contribution is -0.384. The Morgan fingerprint density at radius 3 is 2.60 bits per heavy atom. The van der Waals surface area contributed by atoms with E-state index in [-0.39, 0.29) is 17.8 Å². The summed E-state index contributed by atoms with van der Waals surface area (Å²) in [6, 6.07) is 1.67. The molecule has 3 N–H and O–H groups in total. The normalized spacial score (nSPS) is 22.0. The standard InChI is InChI=1S/C12H16N4O4/c17-12(18)15-9-3-1-8(2-4-9)14-10-5-6-13-7-11(10)16(19)20/h5-9,15H,1-4H2,(H,13,14)(H,17,18)/t8-,9-. The summed E-state index contributed by atoms with van der Waals surface area (Å²) in [4.78, 5) is 24.7. The molecular weight excluding hydrogens is 264 g/mol. The van der Waals surface area contributed by atoms with Crippen molar-refractivity contribution in [1.29, 1.82) is 0 Å². The van der Waals surface area contributed by atoms with Gasteiger partial charge in [0, 0.05) is 18.3 Å². The lowest BCUT2D eigenvalue weighted by atomic mass is 9.91. The fraction of sp³-hybridized carbons (Fsp3) is 0.500. The van der Waals surface area contributed by atoms with Gasteiger partial charge < -0.3 is 15.7 Å². The van der Waals surface area contributed by atoms with Gasteiger partial charge >= 0.3 is 11.8 Å². The average molecular weight is 280 g/mol. The topological polar surface area (TPSA) is 117 Å². The average Bonchev–Trinajstić information content (AvgIpc) is 2.41. The van der Waals surface area contributed by atoms with E-state index in [9.17, 15) is 14.9 Å². The van der Waals surface area contributed by atoms with Gasteiger partial charge in [-0.2, -0.15) is 0 Å². The van der Waals surface area contributed by atoms with Crippen LogP contribution in [-0.2, 0) is 0 Å². The molecule has 0 saturated heterocycles. The van der Waals surface area contributed by atoms with E-state index in [0.717, 1.165) is 25.7 Å². The molecule has 1 aromatic heterocycles. The molecule has 1 saturated carbocycles. The van der Waals surface area contributed by atoms with Gasteiger partial charge in [0.1, 0.15) is 11.9 Å². The first-order valence-corrected chi connectivity index (χ1v) is 6.40. The minimum absolute atomic E-state index is 0.0297. The van der Waals surface area contributed by atoms with Crippen LogP contribution in [0.25, 0.3) is 0 Å². The number of nitrogens with one attached hydrogen (secondary N) is 2. The highest BCUT2D eigenvalue weighted by atomic mass is 16.6. The van der Waals surface area contributed by atoms with Gasteiger partial charge in [0.2, 0.25) is 0 Å². The number of anilines is 1. The van der Waals surface area contributed by atoms with Crippen LogP contribution >= 0.6 is 0 Å². The molecule has 1 amide bonds. The van der Waals surface area contributed by atoms with Crippen LogP contribution in [0.3, 0.4) is 0 Å². The lowest BCUT2D eigenvalue weighted by Crippen LogP contribution is -2.39. The van der Waals surface area contributed by atoms with Gasteiger partial charge in [-0.25, -0.2) is 4.79 Å². The number of hydrogen-bond acceptors (Lipinski definition) is 5. The highest BCUT2D eigenvalue weighted by Gasteiger charge is 2.24. The Bertz CT molecular complexity index is 500. The smallest absolute Gasteiger partial charge is 0.404 e. The second kappa shape index (κ2) is 6.18. The number of amides is 1. The molecule has 1 aromatic rings. The van der Waals surface area contributed by atoms with Crippen molar-refractivity contribution in [1.82, 2.24) is 10.3 Å². The van der Waals surface area contributed by atoms with Gasteiger partial charge in [0.25, 0.3) is 0 Å².